The molecule has 1 heterocycles. The SMILES string of the molecule is COc1ccc(OC(F)(F)F)c(C(=O)NCc2oc(C)nc2C)c1. The highest BCUT2D eigenvalue weighted by molar-refractivity contribution is 5.97. The molecule has 0 fully saturated rings. The van der Waals surface area contributed by atoms with Gasteiger partial charge in [-0.05, 0) is 25.1 Å². The Morgan fingerprint density at radius 3 is 2.58 bits per heavy atom. The van der Waals surface area contributed by atoms with Crippen LogP contribution in [-0.2, 0) is 6.54 Å². The lowest BCUT2D eigenvalue weighted by Crippen LogP contribution is -2.25. The van der Waals surface area contributed by atoms with Gasteiger partial charge in [0.05, 0.1) is 24.9 Å². The fourth-order valence-electron chi connectivity index (χ4n) is 2.02. The molecule has 0 radical (unpaired) electrons. The maximum Gasteiger partial charge on any atom is 0.573 e. The molecule has 2 aromatic rings. The van der Waals surface area contributed by atoms with Crippen molar-refractivity contribution in [1.29, 1.82) is 0 Å². The Balaban J connectivity index is 2.21. The van der Waals surface area contributed by atoms with Gasteiger partial charge in [-0.15, -0.1) is 13.2 Å². The summed E-state index contributed by atoms with van der Waals surface area (Å²) in [6.07, 6.45) is -4.91. The molecule has 0 bridgehead atoms. The van der Waals surface area contributed by atoms with Crippen molar-refractivity contribution < 1.29 is 31.9 Å². The number of nitrogens with one attached hydrogen (secondary N) is 1. The molecule has 0 saturated heterocycles. The number of halogens is 3. The molecule has 1 aromatic carbocycles. The van der Waals surface area contributed by atoms with Gasteiger partial charge in [0.15, 0.2) is 5.89 Å². The zero-order chi connectivity index (χ0) is 17.9. The first-order valence-corrected chi connectivity index (χ1v) is 6.84. The Labute approximate surface area is 135 Å². The second kappa shape index (κ2) is 6.81. The predicted octanol–water partition coefficient (Wildman–Crippen LogP) is 3.13. The topological polar surface area (TPSA) is 73.6 Å². The van der Waals surface area contributed by atoms with Gasteiger partial charge in [-0.1, -0.05) is 0 Å². The molecule has 2 rings (SSSR count). The van der Waals surface area contributed by atoms with Gasteiger partial charge in [0.2, 0.25) is 0 Å². The number of alkyl halides is 3. The Bertz CT molecular complexity index is 741. The van der Waals surface area contributed by atoms with Crippen molar-refractivity contribution >= 4 is 5.91 Å². The minimum atomic E-state index is -4.91. The average Bonchev–Trinajstić information content (AvgIpc) is 2.81. The fraction of sp³-hybridized carbons (Fsp3) is 0.333. The zero-order valence-corrected chi connectivity index (χ0v) is 13.2. The third-order valence-corrected chi connectivity index (χ3v) is 3.07. The van der Waals surface area contributed by atoms with Crippen LogP contribution in [0.2, 0.25) is 0 Å². The summed E-state index contributed by atoms with van der Waals surface area (Å²) < 4.78 is 51.5. The number of aromatic nitrogens is 1. The maximum absolute atomic E-state index is 12.5. The summed E-state index contributed by atoms with van der Waals surface area (Å²) in [6.45, 7) is 3.32. The van der Waals surface area contributed by atoms with E-state index in [1.807, 2.05) is 0 Å². The van der Waals surface area contributed by atoms with Gasteiger partial charge in [0.25, 0.3) is 5.91 Å². The highest BCUT2D eigenvalue weighted by atomic mass is 19.4. The van der Waals surface area contributed by atoms with Gasteiger partial charge in [0, 0.05) is 6.92 Å². The van der Waals surface area contributed by atoms with E-state index in [-0.39, 0.29) is 17.9 Å². The van der Waals surface area contributed by atoms with Crippen LogP contribution >= 0.6 is 0 Å². The van der Waals surface area contributed by atoms with Crippen molar-refractivity contribution in [3.63, 3.8) is 0 Å². The summed E-state index contributed by atoms with van der Waals surface area (Å²) in [5.74, 6) is -0.310. The molecule has 1 amide bonds. The highest BCUT2D eigenvalue weighted by Gasteiger charge is 2.33. The van der Waals surface area contributed by atoms with Gasteiger partial charge in [0.1, 0.15) is 17.3 Å². The van der Waals surface area contributed by atoms with Crippen LogP contribution in [0.25, 0.3) is 0 Å². The molecule has 130 valence electrons. The van der Waals surface area contributed by atoms with Crippen LogP contribution in [0.15, 0.2) is 22.6 Å². The van der Waals surface area contributed by atoms with E-state index in [2.05, 4.69) is 15.0 Å². The van der Waals surface area contributed by atoms with Crippen LogP contribution in [0.1, 0.15) is 27.7 Å². The van der Waals surface area contributed by atoms with Crippen LogP contribution in [-0.4, -0.2) is 24.4 Å². The lowest BCUT2D eigenvalue weighted by atomic mass is 10.1. The molecule has 0 unspecified atom stereocenters. The molecule has 1 aromatic heterocycles. The van der Waals surface area contributed by atoms with Crippen molar-refractivity contribution in [3.05, 3.63) is 41.1 Å². The molecule has 1 N–H and O–H groups in total. The van der Waals surface area contributed by atoms with Crippen molar-refractivity contribution in [3.8, 4) is 11.5 Å². The summed E-state index contributed by atoms with van der Waals surface area (Å²) in [5, 5.41) is 2.47. The number of benzene rings is 1. The Morgan fingerprint density at radius 1 is 1.33 bits per heavy atom. The predicted molar refractivity (Wildman–Crippen MR) is 76.8 cm³/mol. The highest BCUT2D eigenvalue weighted by Crippen LogP contribution is 2.29. The number of rotatable bonds is 5. The average molecular weight is 344 g/mol. The Kier molecular flexibility index (Phi) is 5.01. The Morgan fingerprint density at radius 2 is 2.04 bits per heavy atom. The third kappa shape index (κ3) is 4.40. The van der Waals surface area contributed by atoms with Crippen LogP contribution in [0, 0.1) is 13.8 Å². The number of aryl methyl sites for hydroxylation is 2. The van der Waals surface area contributed by atoms with Crippen LogP contribution in [0.4, 0.5) is 13.2 Å². The minimum Gasteiger partial charge on any atom is -0.497 e. The van der Waals surface area contributed by atoms with E-state index in [1.165, 1.54) is 13.2 Å². The second-order valence-electron chi connectivity index (χ2n) is 4.83. The summed E-state index contributed by atoms with van der Waals surface area (Å²) in [4.78, 5) is 16.3. The molecule has 0 spiro atoms. The molecule has 0 saturated carbocycles. The molecule has 0 aliphatic heterocycles. The molecule has 24 heavy (non-hydrogen) atoms. The normalized spacial score (nSPS) is 11.2. The molecular weight excluding hydrogens is 329 g/mol. The van der Waals surface area contributed by atoms with Crippen LogP contribution in [0.5, 0.6) is 11.5 Å². The number of carbonyl (C=O) groups excluding carboxylic acids is 1. The monoisotopic (exact) mass is 344 g/mol. The van der Waals surface area contributed by atoms with Crippen LogP contribution < -0.4 is 14.8 Å². The van der Waals surface area contributed by atoms with E-state index in [9.17, 15) is 18.0 Å². The summed E-state index contributed by atoms with van der Waals surface area (Å²) in [5.41, 5.74) is 0.283. The number of oxazole rings is 1. The number of hydrogen-bond acceptors (Lipinski definition) is 5. The van der Waals surface area contributed by atoms with Crippen molar-refractivity contribution in [2.45, 2.75) is 26.8 Å². The van der Waals surface area contributed by atoms with Crippen LogP contribution in [0.3, 0.4) is 0 Å². The number of hydrogen-bond donors (Lipinski definition) is 1. The maximum atomic E-state index is 12.5. The molecule has 9 heteroatoms. The van der Waals surface area contributed by atoms with E-state index < -0.39 is 18.0 Å². The molecular formula is C15H15F3N2O4. The van der Waals surface area contributed by atoms with E-state index in [0.29, 0.717) is 17.3 Å². The molecule has 0 aliphatic carbocycles. The number of nitrogens with zero attached hydrogens (tertiary/aromatic N) is 1. The van der Waals surface area contributed by atoms with Crippen molar-refractivity contribution in [1.82, 2.24) is 10.3 Å². The number of amides is 1. The standard InChI is InChI=1S/C15H15F3N2O4/c1-8-13(23-9(2)20-8)7-19-14(21)11-6-10(22-3)4-5-12(11)24-15(16,17)18/h4-6H,7H2,1-3H3,(H,19,21). The first kappa shape index (κ1) is 17.6. The first-order valence-electron chi connectivity index (χ1n) is 6.84. The van der Waals surface area contributed by atoms with Gasteiger partial charge < -0.3 is 19.2 Å². The largest absolute Gasteiger partial charge is 0.573 e. The molecule has 0 aliphatic rings. The van der Waals surface area contributed by atoms with Gasteiger partial charge in [-0.25, -0.2) is 4.98 Å². The lowest BCUT2D eigenvalue weighted by Gasteiger charge is -2.14. The van der Waals surface area contributed by atoms with Gasteiger partial charge in [-0.3, -0.25) is 4.79 Å². The second-order valence-corrected chi connectivity index (χ2v) is 4.83. The summed E-state index contributed by atoms with van der Waals surface area (Å²) in [7, 11) is 1.34. The number of ether oxygens (including phenoxy) is 2. The quantitative estimate of drug-likeness (QED) is 0.902. The number of carbonyl (C=O) groups is 1. The van der Waals surface area contributed by atoms with E-state index in [1.54, 1.807) is 13.8 Å². The smallest absolute Gasteiger partial charge is 0.497 e. The minimum absolute atomic E-state index is 0.0197. The molecule has 6 nitrogen and oxygen atoms in total. The van der Waals surface area contributed by atoms with Gasteiger partial charge in [-0.2, -0.15) is 0 Å². The third-order valence-electron chi connectivity index (χ3n) is 3.07. The van der Waals surface area contributed by atoms with E-state index >= 15 is 0 Å². The van der Waals surface area contributed by atoms with Crippen molar-refractivity contribution in [2.75, 3.05) is 7.11 Å². The van der Waals surface area contributed by atoms with Crippen molar-refractivity contribution in [2.24, 2.45) is 0 Å². The first-order chi connectivity index (χ1) is 11.2. The van der Waals surface area contributed by atoms with Gasteiger partial charge >= 0.3 is 6.36 Å². The van der Waals surface area contributed by atoms with E-state index in [0.717, 1.165) is 12.1 Å². The summed E-state index contributed by atoms with van der Waals surface area (Å²) >= 11 is 0. The lowest BCUT2D eigenvalue weighted by molar-refractivity contribution is -0.274. The molecule has 0 atom stereocenters. The van der Waals surface area contributed by atoms with E-state index in [4.69, 9.17) is 9.15 Å². The Hall–Kier alpha value is -2.71. The zero-order valence-electron chi connectivity index (χ0n) is 13.2. The number of methoxy groups -OCH3 is 1. The fourth-order valence-corrected chi connectivity index (χ4v) is 2.02. The summed E-state index contributed by atoms with van der Waals surface area (Å²) in [6, 6.07) is 3.45.